The fourth-order valence-electron chi connectivity index (χ4n) is 3.32. The van der Waals surface area contributed by atoms with E-state index in [1.54, 1.807) is 4.90 Å². The number of anilines is 1. The first kappa shape index (κ1) is 20.5. The van der Waals surface area contributed by atoms with Crippen LogP contribution < -0.4 is 5.32 Å². The molecule has 0 radical (unpaired) electrons. The molecule has 1 saturated heterocycles. The molecule has 150 valence electrons. The van der Waals surface area contributed by atoms with Crippen LogP contribution in [0.5, 0.6) is 0 Å². The number of carbonyl (C=O) groups excluding carboxylic acids is 1. The maximum atomic E-state index is 12.2. The van der Waals surface area contributed by atoms with Crippen molar-refractivity contribution in [1.82, 2.24) is 9.88 Å². The fourth-order valence-corrected chi connectivity index (χ4v) is 3.48. The lowest BCUT2D eigenvalue weighted by molar-refractivity contribution is 0.0188. The van der Waals surface area contributed by atoms with Crippen molar-refractivity contribution in [2.75, 3.05) is 25.0 Å². The number of hydrogen-bond acceptors (Lipinski definition) is 4. The average molecular weight is 402 g/mol. The van der Waals surface area contributed by atoms with E-state index in [4.69, 9.17) is 16.3 Å². The van der Waals surface area contributed by atoms with Crippen molar-refractivity contribution < 1.29 is 9.53 Å². The Balaban J connectivity index is 1.58. The summed E-state index contributed by atoms with van der Waals surface area (Å²) in [6.07, 6.45) is 3.49. The molecular formula is C22H28ClN3O2. The van der Waals surface area contributed by atoms with Gasteiger partial charge in [0.15, 0.2) is 0 Å². The number of piperidine rings is 1. The highest BCUT2D eigenvalue weighted by atomic mass is 35.5. The molecule has 28 heavy (non-hydrogen) atoms. The summed E-state index contributed by atoms with van der Waals surface area (Å²) in [5.74, 6) is 0.495. The van der Waals surface area contributed by atoms with E-state index in [0.717, 1.165) is 49.3 Å². The molecule has 1 aliphatic rings. The summed E-state index contributed by atoms with van der Waals surface area (Å²) in [7, 11) is 0. The number of halogens is 1. The predicted molar refractivity (Wildman–Crippen MR) is 114 cm³/mol. The largest absolute Gasteiger partial charge is 0.444 e. The van der Waals surface area contributed by atoms with E-state index < -0.39 is 5.60 Å². The van der Waals surface area contributed by atoms with Gasteiger partial charge in [-0.15, -0.1) is 0 Å². The number of likely N-dealkylation sites (tertiary alicyclic amines) is 1. The van der Waals surface area contributed by atoms with Crippen LogP contribution in [0.1, 0.15) is 33.6 Å². The zero-order valence-corrected chi connectivity index (χ0v) is 17.5. The number of pyridine rings is 1. The minimum atomic E-state index is -0.454. The minimum absolute atomic E-state index is 0.216. The van der Waals surface area contributed by atoms with Crippen LogP contribution in [0.4, 0.5) is 10.5 Å². The van der Waals surface area contributed by atoms with Crippen LogP contribution in [0.15, 0.2) is 42.6 Å². The van der Waals surface area contributed by atoms with E-state index >= 15 is 0 Å². The molecule has 0 unspecified atom stereocenters. The van der Waals surface area contributed by atoms with Gasteiger partial charge in [0.2, 0.25) is 0 Å². The standard InChI is InChI=1S/C22H28ClN3O2/c1-22(2,3)28-21(27)26-11-9-16(10-12-26)14-24-19-13-20(23)25-15-18(19)17-7-5-4-6-8-17/h4-8,13,15-16H,9-12,14H2,1-3H3,(H,24,25). The number of carbonyl (C=O) groups is 1. The highest BCUT2D eigenvalue weighted by molar-refractivity contribution is 6.29. The second kappa shape index (κ2) is 8.82. The number of amides is 1. The molecule has 1 amide bonds. The molecular weight excluding hydrogens is 374 g/mol. The molecule has 1 aromatic heterocycles. The van der Waals surface area contributed by atoms with Gasteiger partial charge < -0.3 is 15.0 Å². The van der Waals surface area contributed by atoms with Crippen molar-refractivity contribution in [3.63, 3.8) is 0 Å². The Morgan fingerprint density at radius 2 is 1.93 bits per heavy atom. The van der Waals surface area contributed by atoms with Gasteiger partial charge in [0.25, 0.3) is 0 Å². The monoisotopic (exact) mass is 401 g/mol. The van der Waals surface area contributed by atoms with Crippen molar-refractivity contribution in [2.24, 2.45) is 5.92 Å². The first-order chi connectivity index (χ1) is 13.3. The van der Waals surface area contributed by atoms with Crippen LogP contribution >= 0.6 is 11.6 Å². The fraction of sp³-hybridized carbons (Fsp3) is 0.455. The Morgan fingerprint density at radius 1 is 1.25 bits per heavy atom. The SMILES string of the molecule is CC(C)(C)OC(=O)N1CCC(CNc2cc(Cl)ncc2-c2ccccc2)CC1. The molecule has 0 spiro atoms. The zero-order valence-electron chi connectivity index (χ0n) is 16.7. The van der Waals surface area contributed by atoms with Gasteiger partial charge in [0.1, 0.15) is 10.8 Å². The number of ether oxygens (including phenoxy) is 1. The molecule has 2 heterocycles. The van der Waals surface area contributed by atoms with E-state index in [9.17, 15) is 4.79 Å². The van der Waals surface area contributed by atoms with Crippen LogP contribution in [0.25, 0.3) is 11.1 Å². The van der Waals surface area contributed by atoms with E-state index in [-0.39, 0.29) is 6.09 Å². The van der Waals surface area contributed by atoms with E-state index in [1.807, 2.05) is 51.2 Å². The first-order valence-electron chi connectivity index (χ1n) is 9.74. The summed E-state index contributed by atoms with van der Waals surface area (Å²) in [5, 5.41) is 4.02. The molecule has 1 aromatic carbocycles. The second-order valence-corrected chi connectivity index (χ2v) is 8.60. The topological polar surface area (TPSA) is 54.5 Å². The lowest BCUT2D eigenvalue weighted by Gasteiger charge is -2.33. The summed E-state index contributed by atoms with van der Waals surface area (Å²) in [6.45, 7) is 7.97. The number of nitrogens with one attached hydrogen (secondary N) is 1. The molecule has 2 aromatic rings. The van der Waals surface area contributed by atoms with Crippen molar-refractivity contribution in [1.29, 1.82) is 0 Å². The van der Waals surface area contributed by atoms with Crippen molar-refractivity contribution in [2.45, 2.75) is 39.2 Å². The molecule has 6 heteroatoms. The van der Waals surface area contributed by atoms with Gasteiger partial charge in [-0.1, -0.05) is 41.9 Å². The second-order valence-electron chi connectivity index (χ2n) is 8.21. The molecule has 1 N–H and O–H groups in total. The molecule has 0 atom stereocenters. The maximum Gasteiger partial charge on any atom is 0.410 e. The zero-order chi connectivity index (χ0) is 20.1. The Labute approximate surface area is 172 Å². The summed E-state index contributed by atoms with van der Waals surface area (Å²) in [6, 6.07) is 12.0. The third-order valence-corrected chi connectivity index (χ3v) is 5.01. The van der Waals surface area contributed by atoms with Crippen molar-refractivity contribution in [3.8, 4) is 11.1 Å². The van der Waals surface area contributed by atoms with Gasteiger partial charge in [-0.3, -0.25) is 0 Å². The molecule has 1 fully saturated rings. The van der Waals surface area contributed by atoms with Crippen LogP contribution in [-0.4, -0.2) is 41.2 Å². The van der Waals surface area contributed by atoms with Crippen molar-refractivity contribution in [3.05, 3.63) is 47.7 Å². The summed E-state index contributed by atoms with van der Waals surface area (Å²) in [4.78, 5) is 18.2. The molecule has 3 rings (SSSR count). The van der Waals surface area contributed by atoms with Gasteiger partial charge in [0, 0.05) is 37.1 Å². The maximum absolute atomic E-state index is 12.2. The van der Waals surface area contributed by atoms with Gasteiger partial charge >= 0.3 is 6.09 Å². The number of hydrogen-bond donors (Lipinski definition) is 1. The lowest BCUT2D eigenvalue weighted by atomic mass is 9.96. The van der Waals surface area contributed by atoms with Crippen LogP contribution in [0.2, 0.25) is 5.15 Å². The predicted octanol–water partition coefficient (Wildman–Crippen LogP) is 5.46. The normalized spacial score (nSPS) is 15.4. The van der Waals surface area contributed by atoms with Gasteiger partial charge in [0.05, 0.1) is 0 Å². The van der Waals surface area contributed by atoms with Gasteiger partial charge in [-0.05, 0) is 51.2 Å². The molecule has 1 aliphatic heterocycles. The van der Waals surface area contributed by atoms with Gasteiger partial charge in [-0.25, -0.2) is 9.78 Å². The van der Waals surface area contributed by atoms with Crippen LogP contribution in [0, 0.1) is 5.92 Å². The summed E-state index contributed by atoms with van der Waals surface area (Å²) in [5.41, 5.74) is 2.68. The minimum Gasteiger partial charge on any atom is -0.444 e. The lowest BCUT2D eigenvalue weighted by Crippen LogP contribution is -2.42. The molecule has 0 saturated carbocycles. The number of rotatable bonds is 4. The van der Waals surface area contributed by atoms with E-state index in [2.05, 4.69) is 22.4 Å². The average Bonchev–Trinajstić information content (AvgIpc) is 2.66. The van der Waals surface area contributed by atoms with Crippen LogP contribution in [-0.2, 0) is 4.74 Å². The highest BCUT2D eigenvalue weighted by Gasteiger charge is 2.26. The molecule has 0 bridgehead atoms. The highest BCUT2D eigenvalue weighted by Crippen LogP contribution is 2.30. The first-order valence-corrected chi connectivity index (χ1v) is 10.1. The molecule has 0 aliphatic carbocycles. The van der Waals surface area contributed by atoms with E-state index in [1.165, 1.54) is 0 Å². The summed E-state index contributed by atoms with van der Waals surface area (Å²) < 4.78 is 5.47. The summed E-state index contributed by atoms with van der Waals surface area (Å²) >= 11 is 6.12. The van der Waals surface area contributed by atoms with Crippen LogP contribution in [0.3, 0.4) is 0 Å². The Bertz CT molecular complexity index is 797. The Kier molecular flexibility index (Phi) is 6.45. The van der Waals surface area contributed by atoms with Gasteiger partial charge in [-0.2, -0.15) is 0 Å². The molecule has 5 nitrogen and oxygen atoms in total. The quantitative estimate of drug-likeness (QED) is 0.691. The number of aromatic nitrogens is 1. The van der Waals surface area contributed by atoms with Crippen molar-refractivity contribution >= 4 is 23.4 Å². The number of benzene rings is 1. The Hall–Kier alpha value is -2.27. The van der Waals surface area contributed by atoms with E-state index in [0.29, 0.717) is 11.1 Å². The third-order valence-electron chi connectivity index (χ3n) is 4.80. The number of nitrogens with zero attached hydrogens (tertiary/aromatic N) is 2. The Morgan fingerprint density at radius 3 is 2.57 bits per heavy atom. The third kappa shape index (κ3) is 5.61. The smallest absolute Gasteiger partial charge is 0.410 e.